The molecule has 1 atom stereocenters. The Balaban J connectivity index is 1.24. The van der Waals surface area contributed by atoms with Gasteiger partial charge in [-0.15, -0.1) is 11.3 Å². The molecule has 0 spiro atoms. The van der Waals surface area contributed by atoms with E-state index in [1.807, 2.05) is 24.3 Å². The van der Waals surface area contributed by atoms with Crippen molar-refractivity contribution in [2.24, 2.45) is 0 Å². The first-order chi connectivity index (χ1) is 14.7. The molecule has 2 aromatic carbocycles. The number of anilines is 1. The van der Waals surface area contributed by atoms with Gasteiger partial charge in [-0.3, -0.25) is 9.69 Å². The highest BCUT2D eigenvalue weighted by atomic mass is 32.1. The fourth-order valence-electron chi connectivity index (χ4n) is 4.40. The lowest BCUT2D eigenvalue weighted by molar-refractivity contribution is 0.0934. The van der Waals surface area contributed by atoms with E-state index in [1.165, 1.54) is 16.0 Å². The van der Waals surface area contributed by atoms with Crippen molar-refractivity contribution in [3.05, 3.63) is 75.7 Å². The highest BCUT2D eigenvalue weighted by molar-refractivity contribution is 7.16. The number of benzene rings is 2. The van der Waals surface area contributed by atoms with Gasteiger partial charge in [0.15, 0.2) is 11.5 Å². The highest BCUT2D eigenvalue weighted by Crippen LogP contribution is 2.42. The zero-order valence-corrected chi connectivity index (χ0v) is 17.1. The molecule has 1 amide bonds. The van der Waals surface area contributed by atoms with Gasteiger partial charge in [-0.05, 0) is 35.2 Å². The Labute approximate surface area is 178 Å². The Morgan fingerprint density at radius 1 is 1.07 bits per heavy atom. The van der Waals surface area contributed by atoms with Crippen molar-refractivity contribution < 1.29 is 14.3 Å². The number of rotatable bonds is 3. The standard InChI is InChI=1S/C23H21N3O3S/c27-22-20-16-8-9-26(11-14-4-2-1-3-5-14)12-19(16)30-23(20)25-21(24-22)15-6-7-17-18(10-15)29-13-28-17/h1-7,10,21,25H,8-9,11-13H2,(H,24,27)/t21-/m0/s1. The largest absolute Gasteiger partial charge is 0.454 e. The van der Waals surface area contributed by atoms with Gasteiger partial charge in [0.2, 0.25) is 6.79 Å². The Kier molecular flexibility index (Phi) is 4.17. The summed E-state index contributed by atoms with van der Waals surface area (Å²) in [6, 6.07) is 16.3. The maximum absolute atomic E-state index is 13.0. The number of nitrogens with one attached hydrogen (secondary N) is 2. The van der Waals surface area contributed by atoms with E-state index >= 15 is 0 Å². The number of carbonyl (C=O) groups is 1. The normalized spacial score (nSPS) is 19.6. The molecule has 3 aliphatic rings. The topological polar surface area (TPSA) is 62.8 Å². The maximum atomic E-state index is 13.0. The molecule has 6 nitrogen and oxygen atoms in total. The van der Waals surface area contributed by atoms with Crippen LogP contribution >= 0.6 is 11.3 Å². The average Bonchev–Trinajstić information content (AvgIpc) is 3.37. The minimum atomic E-state index is -0.278. The summed E-state index contributed by atoms with van der Waals surface area (Å²) in [5.74, 6) is 1.46. The molecule has 0 fully saturated rings. The van der Waals surface area contributed by atoms with Crippen molar-refractivity contribution in [3.8, 4) is 11.5 Å². The van der Waals surface area contributed by atoms with Crippen LogP contribution in [-0.4, -0.2) is 24.1 Å². The van der Waals surface area contributed by atoms with Crippen molar-refractivity contribution in [1.82, 2.24) is 10.2 Å². The highest BCUT2D eigenvalue weighted by Gasteiger charge is 2.33. The molecule has 30 heavy (non-hydrogen) atoms. The molecule has 2 N–H and O–H groups in total. The summed E-state index contributed by atoms with van der Waals surface area (Å²) >= 11 is 1.71. The summed E-state index contributed by atoms with van der Waals surface area (Å²) in [6.45, 7) is 3.02. The fraction of sp³-hybridized carbons (Fsp3) is 0.261. The summed E-state index contributed by atoms with van der Waals surface area (Å²) in [5, 5.41) is 7.61. The number of carbonyl (C=O) groups excluding carboxylic acids is 1. The lowest BCUT2D eigenvalue weighted by Gasteiger charge is -2.28. The summed E-state index contributed by atoms with van der Waals surface area (Å²) in [6.07, 6.45) is 0.623. The minimum absolute atomic E-state index is 0.000395. The van der Waals surface area contributed by atoms with Crippen LogP contribution in [0, 0.1) is 0 Å². The molecule has 0 radical (unpaired) electrons. The zero-order valence-electron chi connectivity index (χ0n) is 16.3. The predicted molar refractivity (Wildman–Crippen MR) is 115 cm³/mol. The van der Waals surface area contributed by atoms with E-state index in [0.29, 0.717) is 0 Å². The molecule has 3 aliphatic heterocycles. The van der Waals surface area contributed by atoms with E-state index in [-0.39, 0.29) is 18.9 Å². The van der Waals surface area contributed by atoms with E-state index < -0.39 is 0 Å². The van der Waals surface area contributed by atoms with Crippen LogP contribution in [0.1, 0.15) is 38.1 Å². The smallest absolute Gasteiger partial charge is 0.256 e. The van der Waals surface area contributed by atoms with Crippen molar-refractivity contribution in [3.63, 3.8) is 0 Å². The van der Waals surface area contributed by atoms with Gasteiger partial charge >= 0.3 is 0 Å². The van der Waals surface area contributed by atoms with Crippen LogP contribution in [0.5, 0.6) is 11.5 Å². The quantitative estimate of drug-likeness (QED) is 0.675. The fourth-order valence-corrected chi connectivity index (χ4v) is 5.72. The van der Waals surface area contributed by atoms with Crippen LogP contribution in [0.4, 0.5) is 5.00 Å². The molecule has 0 saturated heterocycles. The van der Waals surface area contributed by atoms with E-state index in [2.05, 4.69) is 39.8 Å². The molecule has 0 bridgehead atoms. The summed E-state index contributed by atoms with van der Waals surface area (Å²) in [7, 11) is 0. The van der Waals surface area contributed by atoms with Crippen LogP contribution in [0.3, 0.4) is 0 Å². The maximum Gasteiger partial charge on any atom is 0.256 e. The van der Waals surface area contributed by atoms with E-state index in [9.17, 15) is 4.79 Å². The third-order valence-electron chi connectivity index (χ3n) is 5.89. The zero-order chi connectivity index (χ0) is 20.1. The second-order valence-corrected chi connectivity index (χ2v) is 8.92. The first-order valence-electron chi connectivity index (χ1n) is 10.1. The number of nitrogens with zero attached hydrogens (tertiary/aromatic N) is 1. The Hall–Kier alpha value is -3.03. The minimum Gasteiger partial charge on any atom is -0.454 e. The van der Waals surface area contributed by atoms with E-state index in [1.54, 1.807) is 11.3 Å². The molecular formula is C23H21N3O3S. The Morgan fingerprint density at radius 3 is 2.83 bits per heavy atom. The Bertz CT molecular complexity index is 1130. The number of thiophene rings is 1. The number of amides is 1. The van der Waals surface area contributed by atoms with Crippen LogP contribution in [0.2, 0.25) is 0 Å². The number of hydrogen-bond donors (Lipinski definition) is 2. The van der Waals surface area contributed by atoms with Gasteiger partial charge in [-0.25, -0.2) is 0 Å². The van der Waals surface area contributed by atoms with Crippen LogP contribution < -0.4 is 20.1 Å². The molecule has 3 aromatic rings. The molecule has 152 valence electrons. The average molecular weight is 420 g/mol. The van der Waals surface area contributed by atoms with Gasteiger partial charge in [0, 0.05) is 24.5 Å². The van der Waals surface area contributed by atoms with E-state index in [0.717, 1.165) is 53.7 Å². The lowest BCUT2D eigenvalue weighted by atomic mass is 10.00. The monoisotopic (exact) mass is 419 g/mol. The predicted octanol–water partition coefficient (Wildman–Crippen LogP) is 3.89. The summed E-state index contributed by atoms with van der Waals surface area (Å²) in [4.78, 5) is 16.7. The second kappa shape index (κ2) is 7.04. The molecule has 6 rings (SSSR count). The molecule has 0 saturated carbocycles. The van der Waals surface area contributed by atoms with Crippen LogP contribution in [0.15, 0.2) is 48.5 Å². The van der Waals surface area contributed by atoms with Gasteiger partial charge in [0.05, 0.1) is 5.56 Å². The first-order valence-corrected chi connectivity index (χ1v) is 10.9. The summed E-state index contributed by atoms with van der Waals surface area (Å²) < 4.78 is 10.9. The third kappa shape index (κ3) is 3.02. The van der Waals surface area contributed by atoms with Crippen molar-refractivity contribution in [2.45, 2.75) is 25.7 Å². The molecule has 7 heteroatoms. The number of hydrogen-bond acceptors (Lipinski definition) is 6. The molecule has 0 unspecified atom stereocenters. The van der Waals surface area contributed by atoms with Gasteiger partial charge in [0.1, 0.15) is 11.2 Å². The van der Waals surface area contributed by atoms with E-state index in [4.69, 9.17) is 9.47 Å². The SMILES string of the molecule is O=C1N[C@H](c2ccc3c(c2)OCO3)Nc2sc3c(c21)CCN(Cc1ccccc1)C3. The molecule has 1 aromatic heterocycles. The van der Waals surface area contributed by atoms with Crippen LogP contribution in [0.25, 0.3) is 0 Å². The number of ether oxygens (including phenoxy) is 2. The first kappa shape index (κ1) is 17.8. The van der Waals surface area contributed by atoms with Gasteiger partial charge in [0.25, 0.3) is 5.91 Å². The van der Waals surface area contributed by atoms with Gasteiger partial charge in [-0.2, -0.15) is 0 Å². The molecule has 0 aliphatic carbocycles. The van der Waals surface area contributed by atoms with Gasteiger partial charge < -0.3 is 20.1 Å². The van der Waals surface area contributed by atoms with Crippen molar-refractivity contribution in [2.75, 3.05) is 18.7 Å². The second-order valence-electron chi connectivity index (χ2n) is 7.82. The third-order valence-corrected chi connectivity index (χ3v) is 7.04. The van der Waals surface area contributed by atoms with Crippen molar-refractivity contribution in [1.29, 1.82) is 0 Å². The lowest BCUT2D eigenvalue weighted by Crippen LogP contribution is -2.38. The summed E-state index contributed by atoms with van der Waals surface area (Å²) in [5.41, 5.74) is 4.30. The van der Waals surface area contributed by atoms with Gasteiger partial charge in [-0.1, -0.05) is 36.4 Å². The number of fused-ring (bicyclic) bond motifs is 4. The van der Waals surface area contributed by atoms with Crippen molar-refractivity contribution >= 4 is 22.2 Å². The molecule has 4 heterocycles. The molecular weight excluding hydrogens is 398 g/mol. The van der Waals surface area contributed by atoms with Crippen LogP contribution in [-0.2, 0) is 19.5 Å². The Morgan fingerprint density at radius 2 is 1.93 bits per heavy atom.